The lowest BCUT2D eigenvalue weighted by molar-refractivity contribution is -0.136. The smallest absolute Gasteiger partial charge is 0.256 e. The number of hydrogen-bond donors (Lipinski definition) is 0. The molecule has 2 fully saturated rings. The molecule has 0 radical (unpaired) electrons. The molecule has 0 N–H and O–H groups in total. The van der Waals surface area contributed by atoms with Gasteiger partial charge in [-0.1, -0.05) is 28.8 Å². The highest BCUT2D eigenvalue weighted by atomic mass is 79.9. The molecule has 1 aromatic rings. The van der Waals surface area contributed by atoms with Gasteiger partial charge in [0, 0.05) is 36.6 Å². The Kier molecular flexibility index (Phi) is 4.99. The van der Waals surface area contributed by atoms with E-state index in [2.05, 4.69) is 15.9 Å². The van der Waals surface area contributed by atoms with E-state index in [1.54, 1.807) is 11.0 Å². The van der Waals surface area contributed by atoms with Crippen molar-refractivity contribution in [1.29, 1.82) is 0 Å². The van der Waals surface area contributed by atoms with Crippen LogP contribution in [0.4, 0.5) is 4.39 Å². The molecule has 0 unspecified atom stereocenters. The van der Waals surface area contributed by atoms with Crippen LogP contribution in [0.15, 0.2) is 22.7 Å². The van der Waals surface area contributed by atoms with E-state index in [4.69, 9.17) is 0 Å². The molecular weight excluding hydrogens is 363 g/mol. The van der Waals surface area contributed by atoms with Crippen molar-refractivity contribution in [3.05, 3.63) is 34.1 Å². The number of rotatable bonds is 2. The number of piperazine rings is 1. The fourth-order valence-electron chi connectivity index (χ4n) is 3.39. The maximum Gasteiger partial charge on any atom is 0.256 e. The summed E-state index contributed by atoms with van der Waals surface area (Å²) in [7, 11) is 0. The summed E-state index contributed by atoms with van der Waals surface area (Å²) in [5.41, 5.74) is 0.0787. The molecule has 1 saturated carbocycles. The van der Waals surface area contributed by atoms with Crippen LogP contribution in [0.5, 0.6) is 0 Å². The second kappa shape index (κ2) is 6.99. The van der Waals surface area contributed by atoms with Gasteiger partial charge in [0.15, 0.2) is 0 Å². The van der Waals surface area contributed by atoms with Crippen molar-refractivity contribution in [1.82, 2.24) is 9.80 Å². The van der Waals surface area contributed by atoms with Crippen LogP contribution in [0.3, 0.4) is 0 Å². The summed E-state index contributed by atoms with van der Waals surface area (Å²) in [4.78, 5) is 28.4. The van der Waals surface area contributed by atoms with Gasteiger partial charge in [-0.15, -0.1) is 0 Å². The van der Waals surface area contributed by atoms with Gasteiger partial charge in [-0.05, 0) is 31.0 Å². The minimum absolute atomic E-state index is 0.0787. The van der Waals surface area contributed by atoms with Crippen LogP contribution in [0.25, 0.3) is 0 Å². The first-order valence-corrected chi connectivity index (χ1v) is 8.88. The Balaban J connectivity index is 1.61. The van der Waals surface area contributed by atoms with Crippen LogP contribution in [0.2, 0.25) is 0 Å². The summed E-state index contributed by atoms with van der Waals surface area (Å²) < 4.78 is 14.5. The van der Waals surface area contributed by atoms with E-state index in [-0.39, 0.29) is 23.3 Å². The summed E-state index contributed by atoms with van der Waals surface area (Å²) in [6, 6.07) is 4.37. The van der Waals surface area contributed by atoms with Gasteiger partial charge in [0.05, 0.1) is 5.56 Å². The largest absolute Gasteiger partial charge is 0.339 e. The molecular formula is C17H20BrFN2O2. The standard InChI is InChI=1S/C17H20BrFN2O2/c18-13-5-6-15(19)14(11-13)17(23)21-9-7-20(8-10-21)16(22)12-3-1-2-4-12/h5-6,11-12H,1-4,7-10H2. The molecule has 1 heterocycles. The minimum atomic E-state index is -0.511. The van der Waals surface area contributed by atoms with E-state index >= 15 is 0 Å². The fourth-order valence-corrected chi connectivity index (χ4v) is 3.75. The summed E-state index contributed by atoms with van der Waals surface area (Å²) in [5, 5.41) is 0. The maximum absolute atomic E-state index is 13.9. The van der Waals surface area contributed by atoms with Gasteiger partial charge < -0.3 is 9.80 Å². The number of nitrogens with zero attached hydrogens (tertiary/aromatic N) is 2. The molecule has 0 atom stereocenters. The predicted molar refractivity (Wildman–Crippen MR) is 88.5 cm³/mol. The van der Waals surface area contributed by atoms with Crippen LogP contribution >= 0.6 is 15.9 Å². The minimum Gasteiger partial charge on any atom is -0.339 e. The Bertz CT molecular complexity index is 609. The first-order valence-electron chi connectivity index (χ1n) is 8.09. The number of carbonyl (C=O) groups is 2. The molecule has 3 rings (SSSR count). The zero-order chi connectivity index (χ0) is 16.4. The molecule has 0 spiro atoms. The Morgan fingerprint density at radius 1 is 1.04 bits per heavy atom. The SMILES string of the molecule is O=C(c1cc(Br)ccc1F)N1CCN(C(=O)C2CCCC2)CC1. The van der Waals surface area contributed by atoms with Crippen molar-refractivity contribution < 1.29 is 14.0 Å². The zero-order valence-electron chi connectivity index (χ0n) is 12.9. The Hall–Kier alpha value is -1.43. The Labute approximate surface area is 143 Å². The average Bonchev–Trinajstić information content (AvgIpc) is 3.10. The maximum atomic E-state index is 13.9. The van der Waals surface area contributed by atoms with Crippen molar-refractivity contribution in [2.24, 2.45) is 5.92 Å². The van der Waals surface area contributed by atoms with Crippen molar-refractivity contribution in [3.63, 3.8) is 0 Å². The summed E-state index contributed by atoms with van der Waals surface area (Å²) in [6.07, 6.45) is 4.25. The first-order chi connectivity index (χ1) is 11.1. The van der Waals surface area contributed by atoms with Crippen molar-refractivity contribution in [3.8, 4) is 0 Å². The van der Waals surface area contributed by atoms with Gasteiger partial charge in [-0.3, -0.25) is 9.59 Å². The second-order valence-electron chi connectivity index (χ2n) is 6.22. The van der Waals surface area contributed by atoms with Gasteiger partial charge >= 0.3 is 0 Å². The molecule has 1 aliphatic carbocycles. The third-order valence-electron chi connectivity index (χ3n) is 4.74. The van der Waals surface area contributed by atoms with Crippen molar-refractivity contribution in [2.45, 2.75) is 25.7 Å². The molecule has 0 bridgehead atoms. The third-order valence-corrected chi connectivity index (χ3v) is 5.24. The van der Waals surface area contributed by atoms with Gasteiger partial charge in [-0.25, -0.2) is 4.39 Å². The van der Waals surface area contributed by atoms with E-state index in [0.717, 1.165) is 25.7 Å². The van der Waals surface area contributed by atoms with Crippen LogP contribution in [0, 0.1) is 11.7 Å². The summed E-state index contributed by atoms with van der Waals surface area (Å²) in [6.45, 7) is 2.00. The lowest BCUT2D eigenvalue weighted by Gasteiger charge is -2.36. The topological polar surface area (TPSA) is 40.6 Å². The molecule has 1 saturated heterocycles. The number of halogens is 2. The normalized spacial score (nSPS) is 19.2. The number of benzene rings is 1. The van der Waals surface area contributed by atoms with E-state index in [0.29, 0.717) is 30.7 Å². The van der Waals surface area contributed by atoms with Crippen LogP contribution in [-0.4, -0.2) is 47.8 Å². The van der Waals surface area contributed by atoms with Gasteiger partial charge in [0.25, 0.3) is 5.91 Å². The third kappa shape index (κ3) is 3.57. The summed E-state index contributed by atoms with van der Waals surface area (Å²) >= 11 is 3.26. The molecule has 23 heavy (non-hydrogen) atoms. The van der Waals surface area contributed by atoms with E-state index in [1.165, 1.54) is 12.1 Å². The molecule has 6 heteroatoms. The van der Waals surface area contributed by atoms with Gasteiger partial charge in [-0.2, -0.15) is 0 Å². The highest BCUT2D eigenvalue weighted by molar-refractivity contribution is 9.10. The van der Waals surface area contributed by atoms with Gasteiger partial charge in [0.1, 0.15) is 5.82 Å². The van der Waals surface area contributed by atoms with Gasteiger partial charge in [0.2, 0.25) is 5.91 Å². The number of carbonyl (C=O) groups excluding carboxylic acids is 2. The van der Waals surface area contributed by atoms with E-state index in [1.807, 2.05) is 4.90 Å². The average molecular weight is 383 g/mol. The molecule has 1 aromatic carbocycles. The Morgan fingerprint density at radius 3 is 2.30 bits per heavy atom. The highest BCUT2D eigenvalue weighted by Gasteiger charge is 2.31. The second-order valence-corrected chi connectivity index (χ2v) is 7.14. The molecule has 124 valence electrons. The number of hydrogen-bond acceptors (Lipinski definition) is 2. The molecule has 1 aliphatic heterocycles. The van der Waals surface area contributed by atoms with E-state index in [9.17, 15) is 14.0 Å². The van der Waals surface area contributed by atoms with Crippen molar-refractivity contribution >= 4 is 27.7 Å². The molecule has 2 amide bonds. The molecule has 0 aromatic heterocycles. The fraction of sp³-hybridized carbons (Fsp3) is 0.529. The first kappa shape index (κ1) is 16.4. The highest BCUT2D eigenvalue weighted by Crippen LogP contribution is 2.27. The lowest BCUT2D eigenvalue weighted by atomic mass is 10.1. The van der Waals surface area contributed by atoms with Crippen LogP contribution in [-0.2, 0) is 4.79 Å². The monoisotopic (exact) mass is 382 g/mol. The van der Waals surface area contributed by atoms with E-state index < -0.39 is 5.82 Å². The summed E-state index contributed by atoms with van der Waals surface area (Å²) in [5.74, 6) is -0.428. The number of amides is 2. The quantitative estimate of drug-likeness (QED) is 0.788. The zero-order valence-corrected chi connectivity index (χ0v) is 14.5. The molecule has 4 nitrogen and oxygen atoms in total. The van der Waals surface area contributed by atoms with Crippen LogP contribution in [0.1, 0.15) is 36.0 Å². The van der Waals surface area contributed by atoms with Crippen molar-refractivity contribution in [2.75, 3.05) is 26.2 Å². The Morgan fingerprint density at radius 2 is 1.65 bits per heavy atom. The van der Waals surface area contributed by atoms with Crippen LogP contribution < -0.4 is 0 Å². The predicted octanol–water partition coefficient (Wildman–Crippen LogP) is 3.06. The molecule has 2 aliphatic rings. The lowest BCUT2D eigenvalue weighted by Crippen LogP contribution is -2.51.